The van der Waals surface area contributed by atoms with Crippen LogP contribution in [-0.2, 0) is 6.54 Å². The van der Waals surface area contributed by atoms with Gasteiger partial charge >= 0.3 is 0 Å². The van der Waals surface area contributed by atoms with Gasteiger partial charge in [-0.1, -0.05) is 6.92 Å². The van der Waals surface area contributed by atoms with E-state index in [0.717, 1.165) is 24.0 Å². The van der Waals surface area contributed by atoms with Crippen molar-refractivity contribution in [3.63, 3.8) is 0 Å². The molecule has 2 rings (SSSR count). The van der Waals surface area contributed by atoms with Crippen molar-refractivity contribution in [1.82, 2.24) is 14.5 Å². The summed E-state index contributed by atoms with van der Waals surface area (Å²) in [7, 11) is 0. The maximum absolute atomic E-state index is 4.26. The highest BCUT2D eigenvalue weighted by molar-refractivity contribution is 5.73. The number of pyridine rings is 1. The van der Waals surface area contributed by atoms with Gasteiger partial charge in [0.25, 0.3) is 0 Å². The zero-order chi connectivity index (χ0) is 8.39. The molecule has 0 fully saturated rings. The molecule has 0 aliphatic rings. The van der Waals surface area contributed by atoms with Crippen LogP contribution in [0.4, 0.5) is 0 Å². The number of aryl methyl sites for hydroxylation is 1. The molecule has 2 aromatic heterocycles. The second-order valence-electron chi connectivity index (χ2n) is 2.80. The molecule has 2 aromatic rings. The van der Waals surface area contributed by atoms with Gasteiger partial charge in [-0.15, -0.1) is 0 Å². The molecule has 12 heavy (non-hydrogen) atoms. The summed E-state index contributed by atoms with van der Waals surface area (Å²) in [6, 6.07) is 1.93. The number of rotatable bonds is 2. The Kier molecular flexibility index (Phi) is 1.78. The van der Waals surface area contributed by atoms with Crippen molar-refractivity contribution in [2.24, 2.45) is 0 Å². The summed E-state index contributed by atoms with van der Waals surface area (Å²) < 4.78 is 2.13. The number of nitrogens with zero attached hydrogens (tertiary/aromatic N) is 3. The number of imidazole rings is 1. The fourth-order valence-electron chi connectivity index (χ4n) is 1.32. The monoisotopic (exact) mass is 161 g/mol. The molecular weight excluding hydrogens is 150 g/mol. The Labute approximate surface area is 71.1 Å². The maximum Gasteiger partial charge on any atom is 0.0958 e. The third kappa shape index (κ3) is 1.07. The average molecular weight is 161 g/mol. The Hall–Kier alpha value is -1.38. The minimum Gasteiger partial charge on any atom is -0.329 e. The van der Waals surface area contributed by atoms with Gasteiger partial charge in [-0.05, 0) is 12.5 Å². The lowest BCUT2D eigenvalue weighted by atomic mass is 10.4. The van der Waals surface area contributed by atoms with Crippen molar-refractivity contribution >= 4 is 11.0 Å². The predicted molar refractivity (Wildman–Crippen MR) is 47.8 cm³/mol. The van der Waals surface area contributed by atoms with Gasteiger partial charge in [0.05, 0.1) is 23.6 Å². The quantitative estimate of drug-likeness (QED) is 0.672. The number of hydrogen-bond donors (Lipinski definition) is 0. The van der Waals surface area contributed by atoms with Crippen molar-refractivity contribution in [1.29, 1.82) is 0 Å². The van der Waals surface area contributed by atoms with E-state index in [1.807, 2.05) is 18.6 Å². The van der Waals surface area contributed by atoms with Gasteiger partial charge in [0.1, 0.15) is 0 Å². The Bertz CT molecular complexity index is 378. The van der Waals surface area contributed by atoms with Crippen molar-refractivity contribution in [3.05, 3.63) is 24.8 Å². The van der Waals surface area contributed by atoms with E-state index in [9.17, 15) is 0 Å². The minimum absolute atomic E-state index is 1.02. The highest BCUT2D eigenvalue weighted by Gasteiger charge is 1.99. The van der Waals surface area contributed by atoms with Gasteiger partial charge in [0, 0.05) is 12.7 Å². The fourth-order valence-corrected chi connectivity index (χ4v) is 1.32. The van der Waals surface area contributed by atoms with Crippen LogP contribution in [-0.4, -0.2) is 14.5 Å². The molecule has 0 aromatic carbocycles. The molecule has 0 radical (unpaired) electrons. The van der Waals surface area contributed by atoms with Crippen LogP contribution in [0.3, 0.4) is 0 Å². The molecule has 0 spiro atoms. The lowest BCUT2D eigenvalue weighted by molar-refractivity contribution is 0.696. The van der Waals surface area contributed by atoms with E-state index in [1.165, 1.54) is 0 Å². The lowest BCUT2D eigenvalue weighted by Gasteiger charge is -1.98. The highest BCUT2D eigenvalue weighted by Crippen LogP contribution is 2.09. The Morgan fingerprint density at radius 3 is 3.25 bits per heavy atom. The molecule has 3 nitrogen and oxygen atoms in total. The molecule has 0 N–H and O–H groups in total. The second-order valence-corrected chi connectivity index (χ2v) is 2.80. The van der Waals surface area contributed by atoms with E-state index in [4.69, 9.17) is 0 Å². The van der Waals surface area contributed by atoms with Crippen LogP contribution in [0.15, 0.2) is 24.8 Å². The van der Waals surface area contributed by atoms with Crippen LogP contribution in [0.1, 0.15) is 13.3 Å². The third-order valence-corrected chi connectivity index (χ3v) is 1.89. The van der Waals surface area contributed by atoms with E-state index in [2.05, 4.69) is 21.5 Å². The molecule has 3 heteroatoms. The predicted octanol–water partition coefficient (Wildman–Crippen LogP) is 1.84. The van der Waals surface area contributed by atoms with Crippen LogP contribution < -0.4 is 0 Å². The van der Waals surface area contributed by atoms with E-state index in [0.29, 0.717) is 0 Å². The molecule has 0 saturated carbocycles. The van der Waals surface area contributed by atoms with E-state index < -0.39 is 0 Å². The first kappa shape index (κ1) is 7.28. The molecule has 0 aliphatic carbocycles. The largest absolute Gasteiger partial charge is 0.329 e. The van der Waals surface area contributed by atoms with E-state index in [-0.39, 0.29) is 0 Å². The van der Waals surface area contributed by atoms with Gasteiger partial charge < -0.3 is 4.57 Å². The van der Waals surface area contributed by atoms with Gasteiger partial charge in [0.2, 0.25) is 0 Å². The van der Waals surface area contributed by atoms with Gasteiger partial charge in [-0.3, -0.25) is 4.98 Å². The first-order chi connectivity index (χ1) is 5.92. The van der Waals surface area contributed by atoms with E-state index >= 15 is 0 Å². The summed E-state index contributed by atoms with van der Waals surface area (Å²) in [5.41, 5.74) is 2.15. The molecular formula is C9H11N3. The lowest BCUT2D eigenvalue weighted by Crippen LogP contribution is -1.93. The number of aromatic nitrogens is 3. The topological polar surface area (TPSA) is 30.7 Å². The van der Waals surface area contributed by atoms with Crippen molar-refractivity contribution < 1.29 is 0 Å². The fraction of sp³-hybridized carbons (Fsp3) is 0.333. The Morgan fingerprint density at radius 1 is 1.50 bits per heavy atom. The molecule has 0 unspecified atom stereocenters. The number of fused-ring (bicyclic) bond motifs is 1. The maximum atomic E-state index is 4.26. The third-order valence-electron chi connectivity index (χ3n) is 1.89. The smallest absolute Gasteiger partial charge is 0.0958 e. The first-order valence-corrected chi connectivity index (χ1v) is 4.16. The van der Waals surface area contributed by atoms with Crippen molar-refractivity contribution in [3.8, 4) is 0 Å². The second kappa shape index (κ2) is 2.93. The summed E-state index contributed by atoms with van der Waals surface area (Å²) in [5.74, 6) is 0. The molecule has 0 amide bonds. The van der Waals surface area contributed by atoms with Crippen LogP contribution in [0.25, 0.3) is 11.0 Å². The summed E-state index contributed by atoms with van der Waals surface area (Å²) >= 11 is 0. The highest BCUT2D eigenvalue weighted by atomic mass is 15.0. The summed E-state index contributed by atoms with van der Waals surface area (Å²) in [6.45, 7) is 3.17. The standard InChI is InChI=1S/C9H11N3/c1-2-5-12-7-11-8-3-4-10-6-9(8)12/h3-4,6-7H,2,5H2,1H3. The molecule has 0 saturated heterocycles. The SMILES string of the molecule is CCCn1cnc2ccncc21. The van der Waals surface area contributed by atoms with Crippen molar-refractivity contribution in [2.75, 3.05) is 0 Å². The van der Waals surface area contributed by atoms with Crippen molar-refractivity contribution in [2.45, 2.75) is 19.9 Å². The summed E-state index contributed by atoms with van der Waals surface area (Å²) in [4.78, 5) is 8.33. The van der Waals surface area contributed by atoms with Crippen LogP contribution >= 0.6 is 0 Å². The minimum atomic E-state index is 1.02. The zero-order valence-corrected chi connectivity index (χ0v) is 7.07. The van der Waals surface area contributed by atoms with Gasteiger partial charge in [-0.2, -0.15) is 0 Å². The van der Waals surface area contributed by atoms with E-state index in [1.54, 1.807) is 6.20 Å². The normalized spacial score (nSPS) is 10.8. The van der Waals surface area contributed by atoms with Crippen LogP contribution in [0, 0.1) is 0 Å². The summed E-state index contributed by atoms with van der Waals surface area (Å²) in [5, 5.41) is 0. The molecule has 0 aliphatic heterocycles. The van der Waals surface area contributed by atoms with Gasteiger partial charge in [-0.25, -0.2) is 4.98 Å². The average Bonchev–Trinajstić information content (AvgIpc) is 2.50. The molecule has 0 bridgehead atoms. The van der Waals surface area contributed by atoms with Gasteiger partial charge in [0.15, 0.2) is 0 Å². The molecule has 0 atom stereocenters. The van der Waals surface area contributed by atoms with Crippen LogP contribution in [0.5, 0.6) is 0 Å². The zero-order valence-electron chi connectivity index (χ0n) is 7.07. The summed E-state index contributed by atoms with van der Waals surface area (Å²) in [6.07, 6.45) is 6.62. The van der Waals surface area contributed by atoms with Crippen LogP contribution in [0.2, 0.25) is 0 Å². The first-order valence-electron chi connectivity index (χ1n) is 4.16. The number of hydrogen-bond acceptors (Lipinski definition) is 2. The molecule has 2 heterocycles. The molecule has 62 valence electrons. The Balaban J connectivity index is 2.55. The Morgan fingerprint density at radius 2 is 2.42 bits per heavy atom.